The van der Waals surface area contributed by atoms with E-state index < -0.39 is 18.6 Å². The first kappa shape index (κ1) is 19.9. The molecule has 1 aliphatic carbocycles. The van der Waals surface area contributed by atoms with Gasteiger partial charge in [-0.3, -0.25) is 14.4 Å². The van der Waals surface area contributed by atoms with Gasteiger partial charge < -0.3 is 19.6 Å². The third-order valence-electron chi connectivity index (χ3n) is 5.20. The molecule has 8 nitrogen and oxygen atoms in total. The number of benzene rings is 1. The van der Waals surface area contributed by atoms with Crippen molar-refractivity contribution >= 4 is 29.1 Å². The number of ketones is 2. The van der Waals surface area contributed by atoms with Gasteiger partial charge in [0.15, 0.2) is 12.4 Å². The van der Waals surface area contributed by atoms with E-state index in [0.717, 1.165) is 0 Å². The fourth-order valence-electron chi connectivity index (χ4n) is 3.70. The third-order valence-corrected chi connectivity index (χ3v) is 5.20. The lowest BCUT2D eigenvalue weighted by Gasteiger charge is -2.27. The predicted molar refractivity (Wildman–Crippen MR) is 101 cm³/mol. The number of hydrogen-bond donors (Lipinski definition) is 1. The number of nitrogens with zero attached hydrogens (tertiary/aromatic N) is 2. The molecule has 1 atom stereocenters. The van der Waals surface area contributed by atoms with Gasteiger partial charge in [0.1, 0.15) is 11.5 Å². The van der Waals surface area contributed by atoms with E-state index in [1.807, 2.05) is 14.1 Å². The second kappa shape index (κ2) is 8.00. The molecule has 0 bridgehead atoms. The number of aliphatic carboxylic acids is 1. The van der Waals surface area contributed by atoms with Gasteiger partial charge in [0.25, 0.3) is 5.91 Å². The molecule has 1 unspecified atom stereocenters. The first-order chi connectivity index (χ1) is 13.3. The predicted octanol–water partition coefficient (Wildman–Crippen LogP) is 1.64. The first-order valence-electron chi connectivity index (χ1n) is 9.32. The molecule has 1 aromatic carbocycles. The van der Waals surface area contributed by atoms with Crippen molar-refractivity contribution in [2.24, 2.45) is 0 Å². The van der Waals surface area contributed by atoms with E-state index in [1.165, 1.54) is 4.90 Å². The SMILES string of the molecule is CN(C)c1cc(OCC(=O)O)c2c(c1)C(=O)N(C1CCC(=O)CCCC1=O)C2. The van der Waals surface area contributed by atoms with Crippen LogP contribution in [0.5, 0.6) is 5.75 Å². The standard InChI is InChI=1S/C20H24N2O6/c1-21(2)12-8-14-15(18(9-12)28-11-19(25)26)10-22(20(14)27)16-7-6-13(23)4-3-5-17(16)24/h8-9,16H,3-7,10-11H2,1-2H3,(H,25,26). The Morgan fingerprint density at radius 2 is 1.96 bits per heavy atom. The van der Waals surface area contributed by atoms with Gasteiger partial charge in [0.05, 0.1) is 18.2 Å². The number of fused-ring (bicyclic) bond motifs is 1. The minimum absolute atomic E-state index is 0.0329. The lowest BCUT2D eigenvalue weighted by atomic mass is 9.94. The number of carboxylic acid groups (broad SMARTS) is 1. The molecule has 2 aliphatic rings. The van der Waals surface area contributed by atoms with Crippen LogP contribution in [0.4, 0.5) is 5.69 Å². The summed E-state index contributed by atoms with van der Waals surface area (Å²) in [5, 5.41) is 8.94. The van der Waals surface area contributed by atoms with E-state index in [1.54, 1.807) is 17.0 Å². The maximum absolute atomic E-state index is 13.1. The zero-order valence-corrected chi connectivity index (χ0v) is 16.1. The lowest BCUT2D eigenvalue weighted by molar-refractivity contribution is -0.139. The van der Waals surface area contributed by atoms with Crippen LogP contribution >= 0.6 is 0 Å². The highest BCUT2D eigenvalue weighted by Gasteiger charge is 2.38. The summed E-state index contributed by atoms with van der Waals surface area (Å²) >= 11 is 0. The Bertz CT molecular complexity index is 832. The molecule has 8 heteroatoms. The Morgan fingerprint density at radius 3 is 2.64 bits per heavy atom. The van der Waals surface area contributed by atoms with E-state index in [-0.39, 0.29) is 36.9 Å². The highest BCUT2D eigenvalue weighted by atomic mass is 16.5. The summed E-state index contributed by atoms with van der Waals surface area (Å²) < 4.78 is 5.43. The second-order valence-corrected chi connectivity index (χ2v) is 7.39. The van der Waals surface area contributed by atoms with E-state index in [2.05, 4.69) is 0 Å². The van der Waals surface area contributed by atoms with Crippen molar-refractivity contribution < 1.29 is 29.0 Å². The highest BCUT2D eigenvalue weighted by Crippen LogP contribution is 2.37. The summed E-state index contributed by atoms with van der Waals surface area (Å²) in [6.07, 6.45) is 1.81. The summed E-state index contributed by atoms with van der Waals surface area (Å²) in [5.41, 5.74) is 1.69. The Morgan fingerprint density at radius 1 is 1.21 bits per heavy atom. The van der Waals surface area contributed by atoms with Crippen LogP contribution in [0.3, 0.4) is 0 Å². The van der Waals surface area contributed by atoms with Crippen molar-refractivity contribution in [1.29, 1.82) is 0 Å². The Hall–Kier alpha value is -2.90. The van der Waals surface area contributed by atoms with Crippen molar-refractivity contribution in [3.8, 4) is 5.75 Å². The maximum Gasteiger partial charge on any atom is 0.341 e. The Kier molecular flexibility index (Phi) is 5.67. The fraction of sp³-hybridized carbons (Fsp3) is 0.500. The molecule has 1 aromatic rings. The van der Waals surface area contributed by atoms with Crippen LogP contribution in [0.25, 0.3) is 0 Å². The van der Waals surface area contributed by atoms with Crippen molar-refractivity contribution in [2.45, 2.75) is 44.7 Å². The van der Waals surface area contributed by atoms with Crippen LogP contribution in [0.15, 0.2) is 12.1 Å². The molecule has 0 saturated heterocycles. The van der Waals surface area contributed by atoms with Gasteiger partial charge in [-0.2, -0.15) is 0 Å². The second-order valence-electron chi connectivity index (χ2n) is 7.39. The Balaban J connectivity index is 1.93. The van der Waals surface area contributed by atoms with Gasteiger partial charge in [-0.25, -0.2) is 4.79 Å². The number of amides is 1. The van der Waals surface area contributed by atoms with Gasteiger partial charge in [0.2, 0.25) is 0 Å². The minimum Gasteiger partial charge on any atom is -0.481 e. The molecule has 1 fully saturated rings. The normalized spacial score (nSPS) is 19.9. The number of carbonyl (C=O) groups is 4. The monoisotopic (exact) mass is 388 g/mol. The Labute approximate surface area is 163 Å². The quantitative estimate of drug-likeness (QED) is 0.818. The number of anilines is 1. The van der Waals surface area contributed by atoms with Crippen molar-refractivity contribution in [3.63, 3.8) is 0 Å². The molecule has 1 amide bonds. The van der Waals surface area contributed by atoms with Gasteiger partial charge in [-0.1, -0.05) is 0 Å². The van der Waals surface area contributed by atoms with Gasteiger partial charge in [-0.05, 0) is 18.9 Å². The summed E-state index contributed by atoms with van der Waals surface area (Å²) in [5.74, 6) is -0.991. The largest absolute Gasteiger partial charge is 0.481 e. The van der Waals surface area contributed by atoms with Crippen LogP contribution < -0.4 is 9.64 Å². The first-order valence-corrected chi connectivity index (χ1v) is 9.32. The average molecular weight is 388 g/mol. The molecule has 3 rings (SSSR count). The molecule has 0 spiro atoms. The molecule has 28 heavy (non-hydrogen) atoms. The minimum atomic E-state index is -1.11. The molecule has 0 radical (unpaired) electrons. The van der Waals surface area contributed by atoms with Crippen LogP contribution in [-0.2, 0) is 20.9 Å². The summed E-state index contributed by atoms with van der Waals surface area (Å²) in [6.45, 7) is -0.351. The zero-order valence-electron chi connectivity index (χ0n) is 16.1. The number of carbonyl (C=O) groups excluding carboxylic acids is 3. The maximum atomic E-state index is 13.1. The molecule has 0 aromatic heterocycles. The van der Waals surface area contributed by atoms with Crippen molar-refractivity contribution in [3.05, 3.63) is 23.3 Å². The number of hydrogen-bond acceptors (Lipinski definition) is 6. The average Bonchev–Trinajstić information content (AvgIpc) is 2.95. The molecule has 1 aliphatic heterocycles. The summed E-state index contributed by atoms with van der Waals surface area (Å²) in [6, 6.07) is 2.78. The fourth-order valence-corrected chi connectivity index (χ4v) is 3.70. The number of ether oxygens (including phenoxy) is 1. The molecule has 1 heterocycles. The smallest absolute Gasteiger partial charge is 0.341 e. The van der Waals surface area contributed by atoms with Crippen LogP contribution in [0, 0.1) is 0 Å². The molecular weight excluding hydrogens is 364 g/mol. The van der Waals surface area contributed by atoms with Crippen molar-refractivity contribution in [1.82, 2.24) is 4.90 Å². The van der Waals surface area contributed by atoms with Crippen molar-refractivity contribution in [2.75, 3.05) is 25.6 Å². The molecule has 1 saturated carbocycles. The molecule has 150 valence electrons. The van der Waals surface area contributed by atoms with Gasteiger partial charge >= 0.3 is 5.97 Å². The summed E-state index contributed by atoms with van der Waals surface area (Å²) in [4.78, 5) is 51.7. The molecular formula is C20H24N2O6. The van der Waals surface area contributed by atoms with E-state index in [9.17, 15) is 19.2 Å². The number of carboxylic acids is 1. The topological polar surface area (TPSA) is 104 Å². The van der Waals surface area contributed by atoms with Gasteiger partial charge in [0, 0.05) is 50.7 Å². The van der Waals surface area contributed by atoms with Gasteiger partial charge in [-0.15, -0.1) is 0 Å². The lowest BCUT2D eigenvalue weighted by Crippen LogP contribution is -2.42. The van der Waals surface area contributed by atoms with E-state index in [4.69, 9.17) is 9.84 Å². The molecule has 1 N–H and O–H groups in total. The van der Waals surface area contributed by atoms with E-state index in [0.29, 0.717) is 41.8 Å². The van der Waals surface area contributed by atoms with Crippen LogP contribution in [0.1, 0.15) is 48.0 Å². The third kappa shape index (κ3) is 4.00. The van der Waals surface area contributed by atoms with E-state index >= 15 is 0 Å². The van der Waals surface area contributed by atoms with Crippen LogP contribution in [0.2, 0.25) is 0 Å². The van der Waals surface area contributed by atoms with Crippen LogP contribution in [-0.4, -0.2) is 60.2 Å². The zero-order chi connectivity index (χ0) is 20.4. The summed E-state index contributed by atoms with van der Waals surface area (Å²) in [7, 11) is 3.62. The number of rotatable bonds is 5. The highest BCUT2D eigenvalue weighted by molar-refractivity contribution is 6.03. The number of Topliss-reactive ketones (excluding diaryl/α,β-unsaturated/α-hetero) is 2.